The lowest BCUT2D eigenvalue weighted by Crippen LogP contribution is -2.34. The fourth-order valence-electron chi connectivity index (χ4n) is 3.93. The van der Waals surface area contributed by atoms with Gasteiger partial charge in [0, 0.05) is 23.5 Å². The van der Waals surface area contributed by atoms with E-state index in [1.54, 1.807) is 11.8 Å². The van der Waals surface area contributed by atoms with Gasteiger partial charge in [-0.05, 0) is 74.8 Å². The number of aromatic amines is 1. The van der Waals surface area contributed by atoms with Gasteiger partial charge >= 0.3 is 0 Å². The third-order valence-electron chi connectivity index (χ3n) is 5.36. The average molecular weight is 416 g/mol. The highest BCUT2D eigenvalue weighted by Crippen LogP contribution is 2.46. The van der Waals surface area contributed by atoms with E-state index in [0.29, 0.717) is 5.02 Å². The van der Waals surface area contributed by atoms with Crippen LogP contribution in [0, 0.1) is 0 Å². The summed E-state index contributed by atoms with van der Waals surface area (Å²) < 4.78 is 0. The maximum Gasteiger partial charge on any atom is 0.261 e. The first-order chi connectivity index (χ1) is 13.7. The minimum Gasteiger partial charge on any atom is -0.362 e. The van der Waals surface area contributed by atoms with E-state index in [0.717, 1.165) is 35.7 Å². The quantitative estimate of drug-likeness (QED) is 0.662. The van der Waals surface area contributed by atoms with Gasteiger partial charge in [0.25, 0.3) is 5.91 Å². The fourth-order valence-corrected chi connectivity index (χ4v) is 5.39. The molecule has 1 unspecified atom stereocenters. The van der Waals surface area contributed by atoms with E-state index in [1.165, 1.54) is 32.4 Å². The van der Waals surface area contributed by atoms with Crippen molar-refractivity contribution in [2.75, 3.05) is 26.2 Å². The van der Waals surface area contributed by atoms with Crippen molar-refractivity contribution in [1.82, 2.24) is 14.8 Å². The lowest BCUT2D eigenvalue weighted by molar-refractivity contribution is -0.126. The van der Waals surface area contributed by atoms with Gasteiger partial charge in [-0.15, -0.1) is 0 Å². The molecule has 1 amide bonds. The zero-order chi connectivity index (χ0) is 19.3. The molecule has 2 aliphatic rings. The molecule has 1 aromatic carbocycles. The van der Waals surface area contributed by atoms with Crippen LogP contribution >= 0.6 is 23.4 Å². The first kappa shape index (κ1) is 19.6. The van der Waals surface area contributed by atoms with Crippen LogP contribution in [0.5, 0.6) is 0 Å². The smallest absolute Gasteiger partial charge is 0.261 e. The van der Waals surface area contributed by atoms with E-state index in [9.17, 15) is 4.79 Å². The molecule has 2 aromatic rings. The van der Waals surface area contributed by atoms with Crippen molar-refractivity contribution in [2.24, 2.45) is 0 Å². The Morgan fingerprint density at radius 3 is 2.75 bits per heavy atom. The van der Waals surface area contributed by atoms with Gasteiger partial charge in [-0.3, -0.25) is 4.79 Å². The number of hydrogen-bond donors (Lipinski definition) is 1. The van der Waals surface area contributed by atoms with Gasteiger partial charge in [0.2, 0.25) is 0 Å². The van der Waals surface area contributed by atoms with Gasteiger partial charge in [0.1, 0.15) is 5.37 Å². The molecule has 1 atom stereocenters. The van der Waals surface area contributed by atoms with E-state index >= 15 is 0 Å². The van der Waals surface area contributed by atoms with Crippen molar-refractivity contribution in [1.29, 1.82) is 0 Å². The molecule has 0 saturated carbocycles. The monoisotopic (exact) mass is 415 g/mol. The van der Waals surface area contributed by atoms with E-state index in [1.807, 2.05) is 47.5 Å². The first-order valence-electron chi connectivity index (χ1n) is 10.0. The van der Waals surface area contributed by atoms with Crippen molar-refractivity contribution in [3.63, 3.8) is 0 Å². The molecule has 4 nitrogen and oxygen atoms in total. The molecule has 4 rings (SSSR count). The highest BCUT2D eigenvalue weighted by molar-refractivity contribution is 8.04. The number of aromatic nitrogens is 1. The Morgan fingerprint density at radius 1 is 1.14 bits per heavy atom. The van der Waals surface area contributed by atoms with Gasteiger partial charge in [-0.2, -0.15) is 0 Å². The zero-order valence-corrected chi connectivity index (χ0v) is 17.5. The molecular weight excluding hydrogens is 390 g/mol. The highest BCUT2D eigenvalue weighted by Gasteiger charge is 2.37. The molecule has 6 heteroatoms. The molecule has 2 fully saturated rings. The second kappa shape index (κ2) is 9.21. The van der Waals surface area contributed by atoms with Crippen molar-refractivity contribution in [3.8, 4) is 0 Å². The zero-order valence-electron chi connectivity index (χ0n) is 15.9. The van der Waals surface area contributed by atoms with Gasteiger partial charge in [0.15, 0.2) is 0 Å². The predicted molar refractivity (Wildman–Crippen MR) is 117 cm³/mol. The summed E-state index contributed by atoms with van der Waals surface area (Å²) in [5.74, 6) is 0.114. The number of nitrogens with one attached hydrogen (secondary N) is 1. The molecule has 0 bridgehead atoms. The molecule has 148 valence electrons. The lowest BCUT2D eigenvalue weighted by atomic mass is 10.1. The number of benzene rings is 1. The summed E-state index contributed by atoms with van der Waals surface area (Å²) in [5, 5.41) is 0.689. The summed E-state index contributed by atoms with van der Waals surface area (Å²) >= 11 is 7.84. The molecule has 3 heterocycles. The summed E-state index contributed by atoms with van der Waals surface area (Å²) in [4.78, 5) is 21.6. The third kappa shape index (κ3) is 4.65. The molecule has 0 aliphatic carbocycles. The Labute approximate surface area is 175 Å². The molecular formula is C22H26ClN3OS. The molecule has 1 N–H and O–H groups in total. The van der Waals surface area contributed by atoms with Crippen LogP contribution in [-0.4, -0.2) is 46.9 Å². The largest absolute Gasteiger partial charge is 0.362 e. The number of likely N-dealkylation sites (tertiary alicyclic amines) is 1. The molecule has 2 saturated heterocycles. The Bertz CT molecular complexity index is 830. The summed E-state index contributed by atoms with van der Waals surface area (Å²) in [6.07, 6.45) is 8.77. The van der Waals surface area contributed by atoms with Gasteiger partial charge in [-0.1, -0.05) is 41.9 Å². The van der Waals surface area contributed by atoms with Crippen LogP contribution in [0.1, 0.15) is 42.3 Å². The normalized spacial score (nSPS) is 22.3. The van der Waals surface area contributed by atoms with Crippen LogP contribution < -0.4 is 0 Å². The van der Waals surface area contributed by atoms with Crippen LogP contribution in [0.2, 0.25) is 5.02 Å². The van der Waals surface area contributed by atoms with E-state index in [4.69, 9.17) is 11.6 Å². The Hall–Kier alpha value is -1.69. The molecule has 1 aromatic heterocycles. The molecule has 0 spiro atoms. The number of halogens is 1. The van der Waals surface area contributed by atoms with Gasteiger partial charge < -0.3 is 14.8 Å². The van der Waals surface area contributed by atoms with Crippen molar-refractivity contribution in [2.45, 2.75) is 31.1 Å². The number of H-pyrrole nitrogens is 1. The second-order valence-corrected chi connectivity index (χ2v) is 8.97. The number of carbonyl (C=O) groups is 1. The van der Waals surface area contributed by atoms with Crippen LogP contribution in [0.4, 0.5) is 0 Å². The van der Waals surface area contributed by atoms with Crippen molar-refractivity contribution >= 4 is 35.3 Å². The van der Waals surface area contributed by atoms with Crippen molar-refractivity contribution in [3.05, 3.63) is 63.8 Å². The average Bonchev–Trinajstić information content (AvgIpc) is 3.32. The Kier molecular flexibility index (Phi) is 6.45. The summed E-state index contributed by atoms with van der Waals surface area (Å²) in [7, 11) is 0. The number of rotatable bonds is 6. The Balaban J connectivity index is 1.50. The van der Waals surface area contributed by atoms with Crippen LogP contribution in [0.25, 0.3) is 6.08 Å². The summed E-state index contributed by atoms with van der Waals surface area (Å²) in [6, 6.07) is 11.8. The number of piperidine rings is 1. The Morgan fingerprint density at radius 2 is 2.00 bits per heavy atom. The van der Waals surface area contributed by atoms with Crippen LogP contribution in [-0.2, 0) is 4.79 Å². The van der Waals surface area contributed by atoms with E-state index in [-0.39, 0.29) is 11.3 Å². The standard InChI is InChI=1S/C22H26ClN3OS/c23-18-8-4-7-17(15-18)22-26(14-6-13-25-11-2-1-3-12-25)21(27)20(28-22)16-19-9-5-10-24-19/h4-5,7-10,15-16,22,24H,1-3,6,11-14H2/b20-16-. The summed E-state index contributed by atoms with van der Waals surface area (Å²) in [5.41, 5.74) is 2.04. The maximum absolute atomic E-state index is 13.2. The van der Waals surface area contributed by atoms with Crippen molar-refractivity contribution < 1.29 is 4.79 Å². The number of hydrogen-bond acceptors (Lipinski definition) is 3. The molecule has 2 aliphatic heterocycles. The first-order valence-corrected chi connectivity index (χ1v) is 11.3. The number of thioether (sulfide) groups is 1. The van der Waals surface area contributed by atoms with E-state index < -0.39 is 0 Å². The highest BCUT2D eigenvalue weighted by atomic mass is 35.5. The SMILES string of the molecule is O=C1/C(=C/c2ccc[nH]2)SC(c2cccc(Cl)c2)N1CCCN1CCCCC1. The van der Waals surface area contributed by atoms with Crippen LogP contribution in [0.15, 0.2) is 47.5 Å². The van der Waals surface area contributed by atoms with Crippen LogP contribution in [0.3, 0.4) is 0 Å². The topological polar surface area (TPSA) is 39.3 Å². The molecule has 0 radical (unpaired) electrons. The fraction of sp³-hybridized carbons (Fsp3) is 0.409. The second-order valence-electron chi connectivity index (χ2n) is 7.41. The van der Waals surface area contributed by atoms with E-state index in [2.05, 4.69) is 16.0 Å². The predicted octanol–water partition coefficient (Wildman–Crippen LogP) is 5.16. The number of nitrogens with zero attached hydrogens (tertiary/aromatic N) is 2. The maximum atomic E-state index is 13.2. The third-order valence-corrected chi connectivity index (χ3v) is 6.89. The minimum atomic E-state index is -0.0197. The van der Waals surface area contributed by atoms with Gasteiger partial charge in [-0.25, -0.2) is 0 Å². The minimum absolute atomic E-state index is 0.0197. The lowest BCUT2D eigenvalue weighted by Gasteiger charge is -2.28. The van der Waals surface area contributed by atoms with Gasteiger partial charge in [0.05, 0.1) is 4.91 Å². The number of carbonyl (C=O) groups excluding carboxylic acids is 1. The summed E-state index contributed by atoms with van der Waals surface area (Å²) in [6.45, 7) is 4.21. The number of amides is 1. The molecule has 28 heavy (non-hydrogen) atoms.